The number of rotatable bonds is 3. The number of aromatic hydroxyl groups is 1. The molecular weight excluding hydrogens is 563 g/mol. The van der Waals surface area contributed by atoms with E-state index in [9.17, 15) is 5.11 Å². The molecule has 1 aliphatic rings. The van der Waals surface area contributed by atoms with Gasteiger partial charge in [-0.15, -0.1) is 35.9 Å². The zero-order valence-corrected chi connectivity index (χ0v) is 19.3. The van der Waals surface area contributed by atoms with Gasteiger partial charge in [-0.3, -0.25) is 0 Å². The predicted octanol–water partition coefficient (Wildman–Crippen LogP) is 5.38. The number of hydrogen-bond acceptors (Lipinski definition) is 4. The van der Waals surface area contributed by atoms with E-state index in [1.807, 2.05) is 85.5 Å². The average molecular weight is 586 g/mol. The summed E-state index contributed by atoms with van der Waals surface area (Å²) in [4.78, 5) is 8.48. The van der Waals surface area contributed by atoms with Crippen LogP contribution in [0.25, 0.3) is 11.3 Å². The van der Waals surface area contributed by atoms with Crippen LogP contribution < -0.4 is 9.80 Å². The number of aromatic nitrogens is 1. The van der Waals surface area contributed by atoms with Crippen molar-refractivity contribution in [1.82, 2.24) is 4.98 Å². The molecule has 0 bridgehead atoms. The van der Waals surface area contributed by atoms with Gasteiger partial charge < -0.3 is 19.9 Å². The zero-order valence-electron chi connectivity index (χ0n) is 16.9. The maximum Gasteiger partial charge on any atom is 0.136 e. The maximum absolute atomic E-state index is 9.85. The molecule has 4 nitrogen and oxygen atoms in total. The molecule has 0 amide bonds. The quantitative estimate of drug-likeness (QED) is 0.328. The standard InChI is InChI=1S/C15H15N2O.C11H8N.Ir/c18-15-9-5-4-8-14(15)17-11-10-16(12-17)13-6-2-1-3-7-13;1-2-6-10(7-3-1)11-8-4-5-9-12-11;/h1-9,12,18H,10-11H2;1-6,8-9H;/q2*-1;. The second-order valence-electron chi connectivity index (χ2n) is 6.82. The number of benzene rings is 3. The van der Waals surface area contributed by atoms with E-state index in [4.69, 9.17) is 0 Å². The van der Waals surface area contributed by atoms with Crippen molar-refractivity contribution < 1.29 is 25.2 Å². The molecule has 0 spiro atoms. The van der Waals surface area contributed by atoms with Gasteiger partial charge in [-0.05, 0) is 36.0 Å². The molecule has 1 saturated heterocycles. The van der Waals surface area contributed by atoms with Gasteiger partial charge >= 0.3 is 0 Å². The smallest absolute Gasteiger partial charge is 0.136 e. The van der Waals surface area contributed by atoms with Crippen molar-refractivity contribution in [2.75, 3.05) is 22.9 Å². The third kappa shape index (κ3) is 5.94. The second kappa shape index (κ2) is 11.3. The molecule has 0 unspecified atom stereocenters. The Balaban J connectivity index is 0.000000183. The van der Waals surface area contributed by atoms with Gasteiger partial charge in [0.15, 0.2) is 0 Å². The van der Waals surface area contributed by atoms with Crippen LogP contribution in [0.1, 0.15) is 0 Å². The van der Waals surface area contributed by atoms with Crippen LogP contribution in [0.2, 0.25) is 0 Å². The molecule has 5 rings (SSSR count). The van der Waals surface area contributed by atoms with Crippen LogP contribution in [-0.2, 0) is 20.1 Å². The summed E-state index contributed by atoms with van der Waals surface area (Å²) in [5.74, 6) is 0.323. The van der Waals surface area contributed by atoms with E-state index < -0.39 is 0 Å². The van der Waals surface area contributed by atoms with Crippen LogP contribution in [0.5, 0.6) is 5.75 Å². The van der Waals surface area contributed by atoms with Crippen molar-refractivity contribution in [2.24, 2.45) is 0 Å². The first-order chi connectivity index (χ1) is 14.8. The molecule has 4 aromatic rings. The van der Waals surface area contributed by atoms with E-state index in [1.54, 1.807) is 12.3 Å². The van der Waals surface area contributed by atoms with Gasteiger partial charge in [0.1, 0.15) is 5.75 Å². The van der Waals surface area contributed by atoms with Crippen LogP contribution >= 0.6 is 0 Å². The average Bonchev–Trinajstić information content (AvgIpc) is 3.32. The van der Waals surface area contributed by atoms with Crippen LogP contribution in [-0.4, -0.2) is 23.2 Å². The number of pyridine rings is 1. The third-order valence-electron chi connectivity index (χ3n) is 4.79. The molecule has 159 valence electrons. The molecule has 2 heterocycles. The molecule has 1 fully saturated rings. The minimum absolute atomic E-state index is 0. The van der Waals surface area contributed by atoms with Crippen LogP contribution in [0.3, 0.4) is 0 Å². The zero-order chi connectivity index (χ0) is 20.6. The first-order valence-corrected chi connectivity index (χ1v) is 9.91. The fourth-order valence-corrected chi connectivity index (χ4v) is 3.28. The van der Waals surface area contributed by atoms with Gasteiger partial charge in [-0.25, -0.2) is 0 Å². The van der Waals surface area contributed by atoms with E-state index in [1.165, 1.54) is 5.69 Å². The summed E-state index contributed by atoms with van der Waals surface area (Å²) in [6.07, 6.45) is 1.79. The van der Waals surface area contributed by atoms with E-state index in [2.05, 4.69) is 33.0 Å². The molecule has 1 aromatic heterocycles. The van der Waals surface area contributed by atoms with E-state index in [0.29, 0.717) is 5.75 Å². The molecule has 3 aromatic carbocycles. The van der Waals surface area contributed by atoms with Crippen molar-refractivity contribution in [3.8, 4) is 17.0 Å². The van der Waals surface area contributed by atoms with Gasteiger partial charge in [0, 0.05) is 45.1 Å². The van der Waals surface area contributed by atoms with Crippen LogP contribution in [0, 0.1) is 12.7 Å². The van der Waals surface area contributed by atoms with Gasteiger partial charge in [0.25, 0.3) is 0 Å². The van der Waals surface area contributed by atoms with E-state index in [-0.39, 0.29) is 20.1 Å². The first kappa shape index (κ1) is 22.5. The molecule has 0 atom stereocenters. The summed E-state index contributed by atoms with van der Waals surface area (Å²) < 4.78 is 0. The first-order valence-electron chi connectivity index (χ1n) is 9.91. The molecule has 0 aliphatic carbocycles. The van der Waals surface area contributed by atoms with Crippen molar-refractivity contribution in [1.29, 1.82) is 0 Å². The SMILES string of the molecule is Oc1ccccc1N1[CH-]N(c2ccccc2)CC1.[Ir].[c-]1ccccc1-c1ccccn1. The second-order valence-corrected chi connectivity index (χ2v) is 6.82. The minimum Gasteiger partial charge on any atom is -0.506 e. The Kier molecular flexibility index (Phi) is 8.22. The van der Waals surface area contributed by atoms with E-state index >= 15 is 0 Å². The fourth-order valence-electron chi connectivity index (χ4n) is 3.28. The van der Waals surface area contributed by atoms with E-state index in [0.717, 1.165) is 30.0 Å². The van der Waals surface area contributed by atoms with Gasteiger partial charge in [0.05, 0.1) is 5.69 Å². The Bertz CT molecular complexity index is 1010. The number of nitrogens with zero attached hydrogens (tertiary/aromatic N) is 3. The van der Waals surface area contributed by atoms with Crippen molar-refractivity contribution in [2.45, 2.75) is 0 Å². The van der Waals surface area contributed by atoms with Crippen molar-refractivity contribution in [3.63, 3.8) is 0 Å². The topological polar surface area (TPSA) is 39.6 Å². The predicted molar refractivity (Wildman–Crippen MR) is 122 cm³/mol. The number of para-hydroxylation sites is 3. The summed E-state index contributed by atoms with van der Waals surface area (Å²) in [5, 5.41) is 9.85. The van der Waals surface area contributed by atoms with Gasteiger partial charge in [-0.2, -0.15) is 6.67 Å². The Morgan fingerprint density at radius 1 is 0.774 bits per heavy atom. The summed E-state index contributed by atoms with van der Waals surface area (Å²) in [5.41, 5.74) is 4.04. The number of phenolic OH excluding ortho intramolecular Hbond substituents is 1. The Hall–Kier alpha value is -3.14. The van der Waals surface area contributed by atoms with Gasteiger partial charge in [0.2, 0.25) is 0 Å². The summed E-state index contributed by atoms with van der Waals surface area (Å²) >= 11 is 0. The number of anilines is 2. The molecule has 5 heteroatoms. The van der Waals surface area contributed by atoms with Crippen LogP contribution in [0.15, 0.2) is 103 Å². The molecule has 31 heavy (non-hydrogen) atoms. The summed E-state index contributed by atoms with van der Waals surface area (Å²) in [6, 6.07) is 34.5. The minimum atomic E-state index is 0. The monoisotopic (exact) mass is 586 g/mol. The number of hydrogen-bond donors (Lipinski definition) is 1. The summed E-state index contributed by atoms with van der Waals surface area (Å²) in [7, 11) is 0. The molecule has 0 saturated carbocycles. The fraction of sp³-hybridized carbons (Fsp3) is 0.0769. The molecular formula is C26H23IrN3O-2. The maximum atomic E-state index is 9.85. The molecule has 1 aliphatic heterocycles. The Morgan fingerprint density at radius 2 is 1.48 bits per heavy atom. The Morgan fingerprint density at radius 3 is 2.19 bits per heavy atom. The third-order valence-corrected chi connectivity index (χ3v) is 4.79. The van der Waals surface area contributed by atoms with Crippen LogP contribution in [0.4, 0.5) is 11.4 Å². The van der Waals surface area contributed by atoms with Crippen molar-refractivity contribution in [3.05, 3.63) is 116 Å². The Labute approximate surface area is 197 Å². The van der Waals surface area contributed by atoms with Gasteiger partial charge in [-0.1, -0.05) is 42.5 Å². The largest absolute Gasteiger partial charge is 0.506 e. The number of phenols is 1. The normalized spacial score (nSPS) is 12.5. The summed E-state index contributed by atoms with van der Waals surface area (Å²) in [6.45, 7) is 3.86. The van der Waals surface area contributed by atoms with Crippen molar-refractivity contribution >= 4 is 11.4 Å². The molecule has 1 radical (unpaired) electrons. The molecule has 1 N–H and O–H groups in total.